The SMILES string of the molecule is Cc1ccc(-c2ccccc2S[C@@H]2CCN(C(C)C(=O)O)C2)cc1. The number of aliphatic carboxylic acids is 1. The van der Waals surface area contributed by atoms with Crippen LogP contribution in [0.2, 0.25) is 0 Å². The van der Waals surface area contributed by atoms with E-state index in [1.54, 1.807) is 6.92 Å². The molecule has 1 N–H and O–H groups in total. The Balaban J connectivity index is 1.75. The van der Waals surface area contributed by atoms with E-state index >= 15 is 0 Å². The molecule has 2 aromatic rings. The molecule has 1 unspecified atom stereocenters. The first kappa shape index (κ1) is 17.1. The average Bonchev–Trinajstić information content (AvgIpc) is 3.04. The van der Waals surface area contributed by atoms with Crippen molar-refractivity contribution in [2.45, 2.75) is 36.5 Å². The number of carbonyl (C=O) groups is 1. The van der Waals surface area contributed by atoms with Gasteiger partial charge in [-0.15, -0.1) is 11.8 Å². The lowest BCUT2D eigenvalue weighted by Gasteiger charge is -2.20. The van der Waals surface area contributed by atoms with Crippen molar-refractivity contribution in [2.75, 3.05) is 13.1 Å². The van der Waals surface area contributed by atoms with Crippen molar-refractivity contribution in [1.82, 2.24) is 4.90 Å². The third-order valence-electron chi connectivity index (χ3n) is 4.62. The number of rotatable bonds is 5. The minimum Gasteiger partial charge on any atom is -0.480 e. The Morgan fingerprint density at radius 2 is 1.92 bits per heavy atom. The van der Waals surface area contributed by atoms with Crippen LogP contribution >= 0.6 is 11.8 Å². The molecule has 1 aliphatic rings. The Hall–Kier alpha value is -1.78. The van der Waals surface area contributed by atoms with Gasteiger partial charge < -0.3 is 5.11 Å². The van der Waals surface area contributed by atoms with Crippen molar-refractivity contribution in [2.24, 2.45) is 0 Å². The summed E-state index contributed by atoms with van der Waals surface area (Å²) < 4.78 is 0. The van der Waals surface area contributed by atoms with E-state index < -0.39 is 12.0 Å². The standard InChI is InChI=1S/C20H23NO2S/c1-14-7-9-16(10-8-14)18-5-3-4-6-19(18)24-17-11-12-21(13-17)15(2)20(22)23/h3-10,15,17H,11-13H2,1-2H3,(H,22,23)/t15?,17-/m1/s1. The summed E-state index contributed by atoms with van der Waals surface area (Å²) in [7, 11) is 0. The number of benzene rings is 2. The van der Waals surface area contributed by atoms with Crippen LogP contribution in [0.15, 0.2) is 53.4 Å². The second kappa shape index (κ2) is 7.41. The summed E-state index contributed by atoms with van der Waals surface area (Å²) in [6.45, 7) is 5.56. The highest BCUT2D eigenvalue weighted by molar-refractivity contribution is 8.00. The van der Waals surface area contributed by atoms with Crippen LogP contribution in [-0.4, -0.2) is 40.4 Å². The maximum absolute atomic E-state index is 11.2. The van der Waals surface area contributed by atoms with E-state index in [0.29, 0.717) is 5.25 Å². The summed E-state index contributed by atoms with van der Waals surface area (Å²) in [5.41, 5.74) is 3.75. The second-order valence-corrected chi connectivity index (χ2v) is 7.74. The van der Waals surface area contributed by atoms with Crippen LogP contribution in [0, 0.1) is 6.92 Å². The van der Waals surface area contributed by atoms with E-state index in [2.05, 4.69) is 60.4 Å². The lowest BCUT2D eigenvalue weighted by Crippen LogP contribution is -2.37. The number of likely N-dealkylation sites (tertiary alicyclic amines) is 1. The number of hydrogen-bond acceptors (Lipinski definition) is 3. The van der Waals surface area contributed by atoms with Gasteiger partial charge in [0, 0.05) is 23.2 Å². The molecule has 4 heteroatoms. The summed E-state index contributed by atoms with van der Waals surface area (Å²) in [5.74, 6) is -0.735. The Bertz CT molecular complexity index is 714. The topological polar surface area (TPSA) is 40.5 Å². The molecule has 0 saturated carbocycles. The van der Waals surface area contributed by atoms with Crippen LogP contribution in [0.1, 0.15) is 18.9 Å². The van der Waals surface area contributed by atoms with Crippen molar-refractivity contribution >= 4 is 17.7 Å². The predicted octanol–water partition coefficient (Wildman–Crippen LogP) is 4.30. The van der Waals surface area contributed by atoms with Crippen LogP contribution in [0.25, 0.3) is 11.1 Å². The minimum absolute atomic E-state index is 0.400. The Kier molecular flexibility index (Phi) is 5.27. The molecule has 0 amide bonds. The van der Waals surface area contributed by atoms with Gasteiger partial charge in [-0.1, -0.05) is 48.0 Å². The van der Waals surface area contributed by atoms with E-state index in [4.69, 9.17) is 0 Å². The molecule has 1 fully saturated rings. The van der Waals surface area contributed by atoms with Crippen LogP contribution < -0.4 is 0 Å². The molecule has 1 aliphatic heterocycles. The molecule has 3 nitrogen and oxygen atoms in total. The Morgan fingerprint density at radius 1 is 1.21 bits per heavy atom. The molecule has 3 rings (SSSR count). The maximum atomic E-state index is 11.2. The fraction of sp³-hybridized carbons (Fsp3) is 0.350. The van der Waals surface area contributed by atoms with Gasteiger partial charge in [-0.05, 0) is 37.5 Å². The van der Waals surface area contributed by atoms with Gasteiger partial charge in [0.1, 0.15) is 6.04 Å². The monoisotopic (exact) mass is 341 g/mol. The molecule has 1 saturated heterocycles. The van der Waals surface area contributed by atoms with Crippen molar-refractivity contribution < 1.29 is 9.90 Å². The van der Waals surface area contributed by atoms with Gasteiger partial charge in [-0.3, -0.25) is 9.69 Å². The highest BCUT2D eigenvalue weighted by Crippen LogP contribution is 2.37. The van der Waals surface area contributed by atoms with E-state index in [1.165, 1.54) is 21.6 Å². The molecule has 2 aromatic carbocycles. The number of carboxylic acids is 1. The molecule has 0 bridgehead atoms. The van der Waals surface area contributed by atoms with Crippen LogP contribution in [0.3, 0.4) is 0 Å². The van der Waals surface area contributed by atoms with E-state index in [1.807, 2.05) is 11.8 Å². The van der Waals surface area contributed by atoms with Gasteiger partial charge in [0.2, 0.25) is 0 Å². The summed E-state index contributed by atoms with van der Waals surface area (Å²) >= 11 is 1.88. The first-order chi connectivity index (χ1) is 11.5. The van der Waals surface area contributed by atoms with Gasteiger partial charge in [0.15, 0.2) is 0 Å². The van der Waals surface area contributed by atoms with E-state index in [-0.39, 0.29) is 0 Å². The fourth-order valence-corrected chi connectivity index (χ4v) is 4.40. The number of carboxylic acid groups (broad SMARTS) is 1. The third-order valence-corrected chi connectivity index (χ3v) is 5.95. The zero-order chi connectivity index (χ0) is 17.1. The van der Waals surface area contributed by atoms with Crippen molar-refractivity contribution in [3.05, 3.63) is 54.1 Å². The molecule has 0 spiro atoms. The third kappa shape index (κ3) is 3.82. The zero-order valence-corrected chi connectivity index (χ0v) is 14.9. The molecular weight excluding hydrogens is 318 g/mol. The van der Waals surface area contributed by atoms with Crippen LogP contribution in [-0.2, 0) is 4.79 Å². The normalized spacial score (nSPS) is 19.3. The molecule has 0 aliphatic carbocycles. The highest BCUT2D eigenvalue weighted by Gasteiger charge is 2.30. The van der Waals surface area contributed by atoms with Gasteiger partial charge in [0.05, 0.1) is 0 Å². The van der Waals surface area contributed by atoms with Gasteiger partial charge in [-0.2, -0.15) is 0 Å². The van der Waals surface area contributed by atoms with Gasteiger partial charge in [0.25, 0.3) is 0 Å². The lowest BCUT2D eigenvalue weighted by atomic mass is 10.0. The zero-order valence-electron chi connectivity index (χ0n) is 14.1. The average molecular weight is 341 g/mol. The summed E-state index contributed by atoms with van der Waals surface area (Å²) in [6, 6.07) is 16.7. The molecule has 2 atom stereocenters. The second-order valence-electron chi connectivity index (χ2n) is 6.40. The first-order valence-corrected chi connectivity index (χ1v) is 9.22. The smallest absolute Gasteiger partial charge is 0.320 e. The maximum Gasteiger partial charge on any atom is 0.320 e. The van der Waals surface area contributed by atoms with Crippen molar-refractivity contribution in [3.63, 3.8) is 0 Å². The Morgan fingerprint density at radius 3 is 2.62 bits per heavy atom. The van der Waals surface area contributed by atoms with Crippen LogP contribution in [0.5, 0.6) is 0 Å². The summed E-state index contributed by atoms with van der Waals surface area (Å²) in [5, 5.41) is 9.63. The predicted molar refractivity (Wildman–Crippen MR) is 99.5 cm³/mol. The lowest BCUT2D eigenvalue weighted by molar-refractivity contribution is -0.142. The van der Waals surface area contributed by atoms with Crippen LogP contribution in [0.4, 0.5) is 0 Å². The first-order valence-electron chi connectivity index (χ1n) is 8.34. The molecule has 1 heterocycles. The summed E-state index contributed by atoms with van der Waals surface area (Å²) in [6.07, 6.45) is 1.03. The minimum atomic E-state index is -0.735. The van der Waals surface area contributed by atoms with Crippen molar-refractivity contribution in [3.8, 4) is 11.1 Å². The number of nitrogens with zero attached hydrogens (tertiary/aromatic N) is 1. The van der Waals surface area contributed by atoms with Gasteiger partial charge in [-0.25, -0.2) is 0 Å². The molecular formula is C20H23NO2S. The van der Waals surface area contributed by atoms with Gasteiger partial charge >= 0.3 is 5.97 Å². The molecule has 126 valence electrons. The number of thioether (sulfide) groups is 1. The van der Waals surface area contributed by atoms with Crippen molar-refractivity contribution in [1.29, 1.82) is 0 Å². The van der Waals surface area contributed by atoms with E-state index in [0.717, 1.165) is 19.5 Å². The number of aryl methyl sites for hydroxylation is 1. The molecule has 0 radical (unpaired) electrons. The molecule has 24 heavy (non-hydrogen) atoms. The summed E-state index contributed by atoms with van der Waals surface area (Å²) in [4.78, 5) is 14.5. The van der Waals surface area contributed by atoms with E-state index in [9.17, 15) is 9.90 Å². The Labute approximate surface area is 147 Å². The largest absolute Gasteiger partial charge is 0.480 e. The number of hydrogen-bond donors (Lipinski definition) is 1. The molecule has 0 aromatic heterocycles. The fourth-order valence-electron chi connectivity index (χ4n) is 3.08. The highest BCUT2D eigenvalue weighted by atomic mass is 32.2. The quantitative estimate of drug-likeness (QED) is 0.880.